The second kappa shape index (κ2) is 13.6. The van der Waals surface area contributed by atoms with E-state index >= 15 is 0 Å². The van der Waals surface area contributed by atoms with Gasteiger partial charge in [-0.05, 0) is 61.3 Å². The molecule has 0 fully saturated rings. The molecule has 0 heteroatoms. The van der Waals surface area contributed by atoms with Crippen molar-refractivity contribution in [3.63, 3.8) is 0 Å². The third-order valence-corrected chi connectivity index (χ3v) is 4.90. The van der Waals surface area contributed by atoms with Gasteiger partial charge in [0.25, 0.3) is 0 Å². The fourth-order valence-corrected chi connectivity index (χ4v) is 3.37. The Kier molecular flexibility index (Phi) is 12.0. The highest BCUT2D eigenvalue weighted by molar-refractivity contribution is 5.35. The van der Waals surface area contributed by atoms with Crippen LogP contribution in [0.5, 0.6) is 0 Å². The van der Waals surface area contributed by atoms with Gasteiger partial charge in [-0.1, -0.05) is 84.3 Å². The van der Waals surface area contributed by atoms with E-state index < -0.39 is 0 Å². The van der Waals surface area contributed by atoms with Crippen LogP contribution in [-0.2, 0) is 19.3 Å². The number of hydrogen-bond acceptors (Lipinski definition) is 0. The molecule has 0 saturated heterocycles. The van der Waals surface area contributed by atoms with Gasteiger partial charge < -0.3 is 0 Å². The SMILES string of the molecule is CCCCCCCCCc1[c]ccc(CCCC)c1CCCC. The van der Waals surface area contributed by atoms with Crippen LogP contribution in [0.1, 0.15) is 108 Å². The van der Waals surface area contributed by atoms with E-state index in [0.717, 1.165) is 0 Å². The van der Waals surface area contributed by atoms with Crippen LogP contribution in [-0.4, -0.2) is 0 Å². The molecule has 0 atom stereocenters. The highest BCUT2D eigenvalue weighted by Gasteiger charge is 2.08. The Balaban J connectivity index is 2.51. The van der Waals surface area contributed by atoms with E-state index in [-0.39, 0.29) is 0 Å². The first-order valence-corrected chi connectivity index (χ1v) is 10.3. The van der Waals surface area contributed by atoms with Crippen LogP contribution >= 0.6 is 0 Å². The van der Waals surface area contributed by atoms with Crippen molar-refractivity contribution in [3.8, 4) is 0 Å². The van der Waals surface area contributed by atoms with Crippen LogP contribution in [0.25, 0.3) is 0 Å². The first kappa shape index (κ1) is 20.3. The summed E-state index contributed by atoms with van der Waals surface area (Å²) in [6.07, 6.45) is 18.8. The van der Waals surface area contributed by atoms with Crippen LogP contribution in [0.2, 0.25) is 0 Å². The number of hydrogen-bond donors (Lipinski definition) is 0. The van der Waals surface area contributed by atoms with E-state index in [1.165, 1.54) is 95.5 Å². The molecule has 0 unspecified atom stereocenters. The highest BCUT2D eigenvalue weighted by atomic mass is 14.1. The van der Waals surface area contributed by atoms with E-state index in [1.54, 1.807) is 11.1 Å². The lowest BCUT2D eigenvalue weighted by molar-refractivity contribution is 0.588. The third kappa shape index (κ3) is 8.58. The Labute approximate surface area is 146 Å². The summed E-state index contributed by atoms with van der Waals surface area (Å²) in [6, 6.07) is 8.08. The lowest BCUT2D eigenvalue weighted by Crippen LogP contribution is -2.02. The topological polar surface area (TPSA) is 0 Å². The van der Waals surface area contributed by atoms with E-state index in [1.807, 2.05) is 0 Å². The lowest BCUT2D eigenvalue weighted by Gasteiger charge is -2.14. The molecule has 1 radical (unpaired) electrons. The minimum Gasteiger partial charge on any atom is -0.0654 e. The number of rotatable bonds is 14. The summed E-state index contributed by atoms with van der Waals surface area (Å²) in [5.74, 6) is 0. The molecule has 0 aliphatic rings. The first-order chi connectivity index (χ1) is 11.3. The van der Waals surface area contributed by atoms with Gasteiger partial charge in [-0.3, -0.25) is 0 Å². The number of aryl methyl sites for hydroxylation is 2. The summed E-state index contributed by atoms with van der Waals surface area (Å²) in [5.41, 5.74) is 4.78. The van der Waals surface area contributed by atoms with Crippen molar-refractivity contribution in [2.75, 3.05) is 0 Å². The molecule has 23 heavy (non-hydrogen) atoms. The molecule has 0 spiro atoms. The van der Waals surface area contributed by atoms with Crippen LogP contribution in [0, 0.1) is 6.07 Å². The van der Waals surface area contributed by atoms with E-state index in [0.29, 0.717) is 0 Å². The first-order valence-electron chi connectivity index (χ1n) is 10.3. The highest BCUT2D eigenvalue weighted by Crippen LogP contribution is 2.22. The van der Waals surface area contributed by atoms with Crippen LogP contribution in [0.3, 0.4) is 0 Å². The number of benzene rings is 1. The van der Waals surface area contributed by atoms with Crippen molar-refractivity contribution < 1.29 is 0 Å². The summed E-state index contributed by atoms with van der Waals surface area (Å²) in [4.78, 5) is 0. The average molecular weight is 316 g/mol. The summed E-state index contributed by atoms with van der Waals surface area (Å²) in [7, 11) is 0. The van der Waals surface area contributed by atoms with Crippen LogP contribution < -0.4 is 0 Å². The van der Waals surface area contributed by atoms with Gasteiger partial charge in [0.2, 0.25) is 0 Å². The maximum atomic E-state index is 3.57. The summed E-state index contributed by atoms with van der Waals surface area (Å²) >= 11 is 0. The predicted octanol–water partition coefficient (Wildman–Crippen LogP) is 7.47. The van der Waals surface area contributed by atoms with Crippen molar-refractivity contribution in [1.29, 1.82) is 0 Å². The quantitative estimate of drug-likeness (QED) is 0.312. The molecule has 0 aromatic heterocycles. The van der Waals surface area contributed by atoms with Crippen molar-refractivity contribution in [1.82, 2.24) is 0 Å². The average Bonchev–Trinajstić information content (AvgIpc) is 2.58. The molecule has 0 amide bonds. The van der Waals surface area contributed by atoms with Crippen molar-refractivity contribution in [2.24, 2.45) is 0 Å². The molecule has 0 aliphatic carbocycles. The van der Waals surface area contributed by atoms with Gasteiger partial charge in [-0.25, -0.2) is 0 Å². The van der Waals surface area contributed by atoms with E-state index in [2.05, 4.69) is 39.0 Å². The van der Waals surface area contributed by atoms with Crippen LogP contribution in [0.15, 0.2) is 12.1 Å². The maximum Gasteiger partial charge on any atom is -0.0146 e. The normalized spacial score (nSPS) is 11.1. The molecule has 0 aliphatic heterocycles. The van der Waals surface area contributed by atoms with Gasteiger partial charge in [0.1, 0.15) is 0 Å². The van der Waals surface area contributed by atoms with Gasteiger partial charge in [0.15, 0.2) is 0 Å². The zero-order valence-electron chi connectivity index (χ0n) is 16.1. The van der Waals surface area contributed by atoms with Gasteiger partial charge in [0, 0.05) is 0 Å². The molecule has 1 aromatic rings. The second-order valence-electron chi connectivity index (χ2n) is 7.04. The largest absolute Gasteiger partial charge is 0.0654 e. The Bertz CT molecular complexity index is 391. The van der Waals surface area contributed by atoms with Crippen molar-refractivity contribution in [2.45, 2.75) is 111 Å². The summed E-state index contributed by atoms with van der Waals surface area (Å²) < 4.78 is 0. The predicted molar refractivity (Wildman–Crippen MR) is 104 cm³/mol. The number of unbranched alkanes of at least 4 members (excludes halogenated alkanes) is 8. The zero-order chi connectivity index (χ0) is 16.8. The molecular formula is C23H39. The van der Waals surface area contributed by atoms with Gasteiger partial charge >= 0.3 is 0 Å². The molecule has 0 bridgehead atoms. The molecule has 0 nitrogen and oxygen atoms in total. The smallest absolute Gasteiger partial charge is 0.0146 e. The zero-order valence-corrected chi connectivity index (χ0v) is 16.1. The summed E-state index contributed by atoms with van der Waals surface area (Å²) in [6.45, 7) is 6.88. The standard InChI is InChI=1S/C23H39/c1-4-7-10-11-12-13-14-17-22-19-15-18-21(16-8-5-2)23(22)20-9-6-3/h15,18H,4-14,16-17,20H2,1-3H3. The fourth-order valence-electron chi connectivity index (χ4n) is 3.37. The van der Waals surface area contributed by atoms with Gasteiger partial charge in [-0.15, -0.1) is 0 Å². The van der Waals surface area contributed by atoms with Gasteiger partial charge in [-0.2, -0.15) is 0 Å². The third-order valence-electron chi connectivity index (χ3n) is 4.90. The van der Waals surface area contributed by atoms with E-state index in [4.69, 9.17) is 0 Å². The molecular weight excluding hydrogens is 276 g/mol. The maximum absolute atomic E-state index is 3.57. The van der Waals surface area contributed by atoms with Crippen molar-refractivity contribution >= 4 is 0 Å². The molecule has 1 rings (SSSR count). The van der Waals surface area contributed by atoms with Crippen molar-refractivity contribution in [3.05, 3.63) is 34.9 Å². The minimum atomic E-state index is 1.24. The lowest BCUT2D eigenvalue weighted by atomic mass is 9.91. The fraction of sp³-hybridized carbons (Fsp3) is 0.739. The molecule has 0 heterocycles. The minimum absolute atomic E-state index is 1.24. The Morgan fingerprint density at radius 2 is 1.26 bits per heavy atom. The molecule has 1 aromatic carbocycles. The Morgan fingerprint density at radius 3 is 1.96 bits per heavy atom. The Morgan fingerprint density at radius 1 is 0.652 bits per heavy atom. The van der Waals surface area contributed by atoms with Gasteiger partial charge in [0.05, 0.1) is 0 Å². The van der Waals surface area contributed by atoms with E-state index in [9.17, 15) is 0 Å². The van der Waals surface area contributed by atoms with Crippen LogP contribution in [0.4, 0.5) is 0 Å². The second-order valence-corrected chi connectivity index (χ2v) is 7.04. The molecule has 131 valence electrons. The monoisotopic (exact) mass is 315 g/mol. The Hall–Kier alpha value is -0.780. The summed E-state index contributed by atoms with van der Waals surface area (Å²) in [5, 5.41) is 0. The molecule has 0 N–H and O–H groups in total. The molecule has 0 saturated carbocycles.